The predicted octanol–water partition coefficient (Wildman–Crippen LogP) is 0.824. The van der Waals surface area contributed by atoms with E-state index < -0.39 is 0 Å². The third kappa shape index (κ3) is 2.54. The van der Waals surface area contributed by atoms with Crippen molar-refractivity contribution in [3.8, 4) is 0 Å². The van der Waals surface area contributed by atoms with Crippen LogP contribution in [0.3, 0.4) is 0 Å². The molecule has 2 atom stereocenters. The number of carbonyl (C=O) groups is 1. The molecule has 2 unspecified atom stereocenters. The molecule has 102 valence electrons. The highest BCUT2D eigenvalue weighted by molar-refractivity contribution is 5.83. The first-order valence-corrected chi connectivity index (χ1v) is 7.50. The highest BCUT2D eigenvalue weighted by atomic mass is 16.2. The SMILES string of the molecule is CN1CCC(N2CCCCC2CNC2CC2)C1=O. The Morgan fingerprint density at radius 1 is 1.17 bits per heavy atom. The topological polar surface area (TPSA) is 35.6 Å². The average molecular weight is 251 g/mol. The Morgan fingerprint density at radius 2 is 2.00 bits per heavy atom. The van der Waals surface area contributed by atoms with E-state index in [1.165, 1.54) is 32.1 Å². The maximum absolute atomic E-state index is 12.2. The van der Waals surface area contributed by atoms with Crippen molar-refractivity contribution in [1.82, 2.24) is 15.1 Å². The van der Waals surface area contributed by atoms with Crippen molar-refractivity contribution in [2.24, 2.45) is 0 Å². The first-order valence-electron chi connectivity index (χ1n) is 7.50. The molecule has 3 aliphatic rings. The molecule has 2 heterocycles. The summed E-state index contributed by atoms with van der Waals surface area (Å²) in [5.41, 5.74) is 0. The summed E-state index contributed by atoms with van der Waals surface area (Å²) in [5.74, 6) is 0.341. The number of nitrogens with one attached hydrogen (secondary N) is 1. The number of hydrogen-bond acceptors (Lipinski definition) is 3. The Balaban J connectivity index is 1.61. The van der Waals surface area contributed by atoms with E-state index in [1.54, 1.807) is 0 Å². The van der Waals surface area contributed by atoms with Gasteiger partial charge in [-0.2, -0.15) is 0 Å². The molecule has 4 nitrogen and oxygen atoms in total. The Bertz CT molecular complexity index is 316. The van der Waals surface area contributed by atoms with Crippen LogP contribution < -0.4 is 5.32 Å². The molecular formula is C14H25N3O. The zero-order valence-electron chi connectivity index (χ0n) is 11.4. The second-order valence-corrected chi connectivity index (χ2v) is 6.13. The van der Waals surface area contributed by atoms with E-state index in [-0.39, 0.29) is 6.04 Å². The van der Waals surface area contributed by atoms with E-state index in [0.29, 0.717) is 11.9 Å². The number of likely N-dealkylation sites (N-methyl/N-ethyl adjacent to an activating group) is 1. The first-order chi connectivity index (χ1) is 8.75. The van der Waals surface area contributed by atoms with Gasteiger partial charge in [-0.1, -0.05) is 6.42 Å². The Hall–Kier alpha value is -0.610. The summed E-state index contributed by atoms with van der Waals surface area (Å²) in [6.07, 6.45) is 7.55. The van der Waals surface area contributed by atoms with Crippen LogP contribution in [-0.4, -0.2) is 60.5 Å². The number of amides is 1. The fourth-order valence-corrected chi connectivity index (χ4v) is 3.35. The van der Waals surface area contributed by atoms with Gasteiger partial charge in [0.15, 0.2) is 0 Å². The molecule has 3 fully saturated rings. The minimum Gasteiger partial charge on any atom is -0.344 e. The van der Waals surface area contributed by atoms with Gasteiger partial charge in [-0.15, -0.1) is 0 Å². The van der Waals surface area contributed by atoms with Crippen molar-refractivity contribution in [2.45, 2.75) is 56.7 Å². The largest absolute Gasteiger partial charge is 0.344 e. The molecule has 0 aromatic carbocycles. The van der Waals surface area contributed by atoms with Crippen LogP contribution in [0.2, 0.25) is 0 Å². The van der Waals surface area contributed by atoms with E-state index >= 15 is 0 Å². The second kappa shape index (κ2) is 5.17. The molecule has 4 heteroatoms. The Morgan fingerprint density at radius 3 is 2.67 bits per heavy atom. The summed E-state index contributed by atoms with van der Waals surface area (Å²) in [6, 6.07) is 1.52. The van der Waals surface area contributed by atoms with Gasteiger partial charge in [0.1, 0.15) is 0 Å². The summed E-state index contributed by atoms with van der Waals surface area (Å²) in [7, 11) is 1.93. The summed E-state index contributed by atoms with van der Waals surface area (Å²) < 4.78 is 0. The lowest BCUT2D eigenvalue weighted by Crippen LogP contribution is -2.53. The van der Waals surface area contributed by atoms with E-state index in [0.717, 1.165) is 32.1 Å². The molecule has 1 amide bonds. The van der Waals surface area contributed by atoms with Gasteiger partial charge in [-0.25, -0.2) is 0 Å². The smallest absolute Gasteiger partial charge is 0.239 e. The van der Waals surface area contributed by atoms with Crippen LogP contribution in [0.25, 0.3) is 0 Å². The zero-order chi connectivity index (χ0) is 12.5. The van der Waals surface area contributed by atoms with Gasteiger partial charge >= 0.3 is 0 Å². The van der Waals surface area contributed by atoms with Gasteiger partial charge in [-0.05, 0) is 38.6 Å². The molecule has 0 bridgehead atoms. The van der Waals surface area contributed by atoms with Crippen LogP contribution >= 0.6 is 0 Å². The second-order valence-electron chi connectivity index (χ2n) is 6.13. The number of rotatable bonds is 4. The molecule has 1 N–H and O–H groups in total. The van der Waals surface area contributed by atoms with Crippen LogP contribution in [0.1, 0.15) is 38.5 Å². The Kier molecular flexibility index (Phi) is 3.57. The highest BCUT2D eigenvalue weighted by Crippen LogP contribution is 2.26. The number of carbonyl (C=O) groups excluding carboxylic acids is 1. The molecule has 2 saturated heterocycles. The normalized spacial score (nSPS) is 34.3. The van der Waals surface area contributed by atoms with E-state index in [4.69, 9.17) is 0 Å². The molecule has 0 aromatic heterocycles. The number of hydrogen-bond donors (Lipinski definition) is 1. The Labute approximate surface area is 110 Å². The minimum absolute atomic E-state index is 0.168. The van der Waals surface area contributed by atoms with Crippen LogP contribution in [0.4, 0.5) is 0 Å². The molecule has 1 aliphatic carbocycles. The van der Waals surface area contributed by atoms with E-state index in [1.807, 2.05) is 11.9 Å². The molecule has 2 aliphatic heterocycles. The maximum atomic E-state index is 12.2. The fourth-order valence-electron chi connectivity index (χ4n) is 3.35. The van der Waals surface area contributed by atoms with Crippen molar-refractivity contribution in [3.05, 3.63) is 0 Å². The van der Waals surface area contributed by atoms with Gasteiger partial charge in [-0.3, -0.25) is 9.69 Å². The molecule has 18 heavy (non-hydrogen) atoms. The van der Waals surface area contributed by atoms with Gasteiger partial charge in [0.25, 0.3) is 0 Å². The van der Waals surface area contributed by atoms with Gasteiger partial charge in [0.05, 0.1) is 6.04 Å². The predicted molar refractivity (Wildman–Crippen MR) is 71.4 cm³/mol. The molecular weight excluding hydrogens is 226 g/mol. The van der Waals surface area contributed by atoms with Crippen LogP contribution in [0.5, 0.6) is 0 Å². The third-order valence-corrected chi connectivity index (χ3v) is 4.69. The summed E-state index contributed by atoms with van der Waals surface area (Å²) >= 11 is 0. The number of nitrogens with zero attached hydrogens (tertiary/aromatic N) is 2. The third-order valence-electron chi connectivity index (χ3n) is 4.69. The fraction of sp³-hybridized carbons (Fsp3) is 0.929. The minimum atomic E-state index is 0.168. The summed E-state index contributed by atoms with van der Waals surface area (Å²) in [5, 5.41) is 3.64. The molecule has 0 radical (unpaired) electrons. The number of piperidine rings is 1. The maximum Gasteiger partial charge on any atom is 0.239 e. The van der Waals surface area contributed by atoms with Crippen LogP contribution in [-0.2, 0) is 4.79 Å². The lowest BCUT2D eigenvalue weighted by molar-refractivity contribution is -0.132. The van der Waals surface area contributed by atoms with Gasteiger partial charge < -0.3 is 10.2 Å². The quantitative estimate of drug-likeness (QED) is 0.803. The zero-order valence-corrected chi connectivity index (χ0v) is 11.4. The number of likely N-dealkylation sites (tertiary alicyclic amines) is 2. The lowest BCUT2D eigenvalue weighted by atomic mass is 9.99. The van der Waals surface area contributed by atoms with E-state index in [9.17, 15) is 4.79 Å². The van der Waals surface area contributed by atoms with Crippen LogP contribution in [0.15, 0.2) is 0 Å². The van der Waals surface area contributed by atoms with Crippen molar-refractivity contribution < 1.29 is 4.79 Å². The average Bonchev–Trinajstić information content (AvgIpc) is 3.16. The van der Waals surface area contributed by atoms with Crippen molar-refractivity contribution in [1.29, 1.82) is 0 Å². The monoisotopic (exact) mass is 251 g/mol. The first kappa shape index (κ1) is 12.4. The molecule has 0 aromatic rings. The van der Waals surface area contributed by atoms with Gasteiger partial charge in [0.2, 0.25) is 5.91 Å². The standard InChI is InChI=1S/C14H25N3O/c1-16-9-7-13(14(16)18)17-8-3-2-4-12(17)10-15-11-5-6-11/h11-13,15H,2-10H2,1H3. The van der Waals surface area contributed by atoms with Crippen molar-refractivity contribution in [2.75, 3.05) is 26.7 Å². The van der Waals surface area contributed by atoms with E-state index in [2.05, 4.69) is 10.2 Å². The summed E-state index contributed by atoms with van der Waals surface area (Å²) in [6.45, 7) is 3.13. The summed E-state index contributed by atoms with van der Waals surface area (Å²) in [4.78, 5) is 16.5. The molecule has 3 rings (SSSR count). The van der Waals surface area contributed by atoms with Crippen LogP contribution in [0, 0.1) is 0 Å². The molecule has 0 spiro atoms. The molecule has 1 saturated carbocycles. The van der Waals surface area contributed by atoms with Gasteiger partial charge in [0, 0.05) is 32.2 Å². The lowest BCUT2D eigenvalue weighted by Gasteiger charge is -2.39. The highest BCUT2D eigenvalue weighted by Gasteiger charge is 2.38. The van der Waals surface area contributed by atoms with Crippen molar-refractivity contribution >= 4 is 5.91 Å². The van der Waals surface area contributed by atoms with Crippen molar-refractivity contribution in [3.63, 3.8) is 0 Å².